The van der Waals surface area contributed by atoms with Gasteiger partial charge in [-0.3, -0.25) is 0 Å². The third-order valence-corrected chi connectivity index (χ3v) is 4.08. The molecule has 0 radical (unpaired) electrons. The molecule has 1 heterocycles. The van der Waals surface area contributed by atoms with E-state index in [0.717, 1.165) is 0 Å². The summed E-state index contributed by atoms with van der Waals surface area (Å²) in [7, 11) is 1.77. The van der Waals surface area contributed by atoms with Crippen LogP contribution in [0.1, 0.15) is 16.8 Å². The van der Waals surface area contributed by atoms with Crippen molar-refractivity contribution in [2.24, 2.45) is 13.0 Å². The molecule has 0 fully saturated rings. The van der Waals surface area contributed by atoms with Crippen LogP contribution in [0.3, 0.4) is 0 Å². The summed E-state index contributed by atoms with van der Waals surface area (Å²) >= 11 is 0. The zero-order valence-corrected chi connectivity index (χ0v) is 11.3. The Kier molecular flexibility index (Phi) is 2.67. The van der Waals surface area contributed by atoms with Crippen LogP contribution in [0.5, 0.6) is 0 Å². The summed E-state index contributed by atoms with van der Waals surface area (Å²) in [6.45, 7) is 0. The third kappa shape index (κ3) is 1.43. The van der Waals surface area contributed by atoms with Gasteiger partial charge in [-0.15, -0.1) is 0 Å². The van der Waals surface area contributed by atoms with Crippen molar-refractivity contribution in [3.05, 3.63) is 59.2 Å². The number of benzene rings is 1. The summed E-state index contributed by atoms with van der Waals surface area (Å²) in [5.41, 5.74) is -0.421. The summed E-state index contributed by atoms with van der Waals surface area (Å²) in [5.74, 6) is -1.59. The van der Waals surface area contributed by atoms with Crippen LogP contribution < -0.4 is 0 Å². The predicted octanol–water partition coefficient (Wildman–Crippen LogP) is 2.50. The molecule has 102 valence electrons. The second kappa shape index (κ2) is 4.29. The fourth-order valence-corrected chi connectivity index (χ4v) is 3.14. The SMILES string of the molecule is Cn1cccc1[C@@]1(C#N)c2cccc(F)c2C(=N)C1C#N. The van der Waals surface area contributed by atoms with E-state index >= 15 is 0 Å². The Labute approximate surface area is 121 Å². The molecule has 1 unspecified atom stereocenters. The number of hydrogen-bond donors (Lipinski definition) is 1. The zero-order chi connectivity index (χ0) is 15.2. The second-order valence-corrected chi connectivity index (χ2v) is 5.06. The molecule has 0 aliphatic heterocycles. The van der Waals surface area contributed by atoms with E-state index in [0.29, 0.717) is 11.3 Å². The fourth-order valence-electron chi connectivity index (χ4n) is 3.14. The Morgan fingerprint density at radius 2 is 2.05 bits per heavy atom. The van der Waals surface area contributed by atoms with Crippen LogP contribution in [0.25, 0.3) is 0 Å². The van der Waals surface area contributed by atoms with E-state index in [-0.39, 0.29) is 11.3 Å². The van der Waals surface area contributed by atoms with Crippen LogP contribution in [0.4, 0.5) is 4.39 Å². The summed E-state index contributed by atoms with van der Waals surface area (Å²) in [4.78, 5) is 0. The third-order valence-electron chi connectivity index (χ3n) is 4.08. The Bertz CT molecular complexity index is 837. The van der Waals surface area contributed by atoms with Crippen molar-refractivity contribution in [2.45, 2.75) is 5.41 Å². The Morgan fingerprint density at radius 3 is 2.62 bits per heavy atom. The average molecular weight is 278 g/mol. The maximum Gasteiger partial charge on any atom is 0.144 e. The van der Waals surface area contributed by atoms with Gasteiger partial charge in [-0.1, -0.05) is 12.1 Å². The molecule has 21 heavy (non-hydrogen) atoms. The lowest BCUT2D eigenvalue weighted by molar-refractivity contribution is 0.567. The van der Waals surface area contributed by atoms with Crippen LogP contribution in [-0.2, 0) is 12.5 Å². The number of nitrogens with one attached hydrogen (secondary N) is 1. The number of nitriles is 2. The minimum atomic E-state index is -1.35. The van der Waals surface area contributed by atoms with E-state index in [9.17, 15) is 14.9 Å². The van der Waals surface area contributed by atoms with Crippen molar-refractivity contribution in [3.8, 4) is 12.1 Å². The van der Waals surface area contributed by atoms with Gasteiger partial charge in [-0.2, -0.15) is 10.5 Å². The Balaban J connectivity index is 2.44. The first-order valence-corrected chi connectivity index (χ1v) is 6.38. The molecule has 2 aromatic rings. The normalized spacial score (nSPS) is 23.4. The minimum Gasteiger partial charge on any atom is -0.353 e. The van der Waals surface area contributed by atoms with E-state index in [2.05, 4.69) is 6.07 Å². The highest BCUT2D eigenvalue weighted by Gasteiger charge is 2.54. The predicted molar refractivity (Wildman–Crippen MR) is 74.1 cm³/mol. The van der Waals surface area contributed by atoms with Gasteiger partial charge in [-0.25, -0.2) is 4.39 Å². The van der Waals surface area contributed by atoms with Crippen LogP contribution >= 0.6 is 0 Å². The van der Waals surface area contributed by atoms with Gasteiger partial charge in [-0.05, 0) is 23.8 Å². The standard InChI is InChI=1S/C16H11FN4/c1-21-7-3-6-13(21)16(9-19)10-4-2-5-12(17)14(10)15(20)11(16)8-18/h2-7,11,20H,1H3/t11?,16-/m0/s1. The van der Waals surface area contributed by atoms with Crippen molar-refractivity contribution in [2.75, 3.05) is 0 Å². The summed E-state index contributed by atoms with van der Waals surface area (Å²) < 4.78 is 15.8. The average Bonchev–Trinajstić information content (AvgIpc) is 3.00. The molecule has 3 rings (SSSR count). The molecule has 0 spiro atoms. The van der Waals surface area contributed by atoms with Crippen molar-refractivity contribution in [1.29, 1.82) is 15.9 Å². The highest BCUT2D eigenvalue weighted by molar-refractivity contribution is 6.09. The molecule has 0 saturated carbocycles. The van der Waals surface area contributed by atoms with Gasteiger partial charge in [0, 0.05) is 24.5 Å². The molecule has 1 aliphatic rings. The molecule has 0 bridgehead atoms. The highest BCUT2D eigenvalue weighted by Crippen LogP contribution is 2.48. The number of hydrogen-bond acceptors (Lipinski definition) is 3. The van der Waals surface area contributed by atoms with Crippen molar-refractivity contribution < 1.29 is 4.39 Å². The fraction of sp³-hybridized carbons (Fsp3) is 0.188. The minimum absolute atomic E-state index is 0.0757. The number of aryl methyl sites for hydroxylation is 1. The van der Waals surface area contributed by atoms with Gasteiger partial charge < -0.3 is 9.98 Å². The first kappa shape index (κ1) is 13.1. The lowest BCUT2D eigenvalue weighted by atomic mass is 9.73. The monoisotopic (exact) mass is 278 g/mol. The Hall–Kier alpha value is -2.92. The number of nitrogens with zero attached hydrogens (tertiary/aromatic N) is 3. The molecule has 2 atom stereocenters. The molecule has 4 nitrogen and oxygen atoms in total. The first-order valence-electron chi connectivity index (χ1n) is 6.38. The molecule has 1 aliphatic carbocycles. The summed E-state index contributed by atoms with van der Waals surface area (Å²) in [6.07, 6.45) is 1.77. The maximum absolute atomic E-state index is 14.1. The van der Waals surface area contributed by atoms with Gasteiger partial charge in [0.1, 0.15) is 17.2 Å². The van der Waals surface area contributed by atoms with Gasteiger partial charge in [0.05, 0.1) is 17.9 Å². The molecular formula is C16H11FN4. The molecule has 1 N–H and O–H groups in total. The van der Waals surface area contributed by atoms with E-state index in [1.165, 1.54) is 12.1 Å². The maximum atomic E-state index is 14.1. The number of rotatable bonds is 1. The van der Waals surface area contributed by atoms with E-state index in [1.807, 2.05) is 6.07 Å². The summed E-state index contributed by atoms with van der Waals surface area (Å²) in [5, 5.41) is 27.5. The molecule has 5 heteroatoms. The van der Waals surface area contributed by atoms with Crippen molar-refractivity contribution in [3.63, 3.8) is 0 Å². The van der Waals surface area contributed by atoms with Crippen LogP contribution in [0, 0.1) is 39.8 Å². The van der Waals surface area contributed by atoms with Gasteiger partial charge >= 0.3 is 0 Å². The lowest BCUT2D eigenvalue weighted by Crippen LogP contribution is -2.34. The van der Waals surface area contributed by atoms with E-state index < -0.39 is 17.2 Å². The number of fused-ring (bicyclic) bond motifs is 1. The smallest absolute Gasteiger partial charge is 0.144 e. The lowest BCUT2D eigenvalue weighted by Gasteiger charge is -2.26. The van der Waals surface area contributed by atoms with Crippen molar-refractivity contribution in [1.82, 2.24) is 4.57 Å². The van der Waals surface area contributed by atoms with Gasteiger partial charge in [0.2, 0.25) is 0 Å². The molecule has 0 saturated heterocycles. The summed E-state index contributed by atoms with van der Waals surface area (Å²) in [6, 6.07) is 12.1. The molecule has 1 aromatic heterocycles. The van der Waals surface area contributed by atoms with Gasteiger partial charge in [0.15, 0.2) is 0 Å². The first-order chi connectivity index (χ1) is 10.1. The molecular weight excluding hydrogens is 267 g/mol. The van der Waals surface area contributed by atoms with Gasteiger partial charge in [0.25, 0.3) is 0 Å². The highest BCUT2D eigenvalue weighted by atomic mass is 19.1. The van der Waals surface area contributed by atoms with Crippen LogP contribution in [0.15, 0.2) is 36.5 Å². The van der Waals surface area contributed by atoms with E-state index in [1.54, 1.807) is 36.0 Å². The number of halogens is 1. The number of aromatic nitrogens is 1. The van der Waals surface area contributed by atoms with Crippen LogP contribution in [0.2, 0.25) is 0 Å². The topological polar surface area (TPSA) is 76.4 Å². The zero-order valence-electron chi connectivity index (χ0n) is 11.3. The quantitative estimate of drug-likeness (QED) is 0.870. The van der Waals surface area contributed by atoms with Crippen LogP contribution in [-0.4, -0.2) is 10.3 Å². The van der Waals surface area contributed by atoms with Crippen molar-refractivity contribution >= 4 is 5.71 Å². The Morgan fingerprint density at radius 1 is 1.29 bits per heavy atom. The largest absolute Gasteiger partial charge is 0.353 e. The molecule has 0 amide bonds. The second-order valence-electron chi connectivity index (χ2n) is 5.06. The molecule has 1 aromatic carbocycles. The van der Waals surface area contributed by atoms with E-state index in [4.69, 9.17) is 5.41 Å².